The van der Waals surface area contributed by atoms with Crippen LogP contribution >= 0.6 is 0 Å². The summed E-state index contributed by atoms with van der Waals surface area (Å²) >= 11 is 0. The molecule has 2 rings (SSSR count). The minimum atomic E-state index is -0.781. The molecule has 0 radical (unpaired) electrons. The Hall–Kier alpha value is -1.61. The monoisotopic (exact) mass is 176 g/mol. The van der Waals surface area contributed by atoms with Crippen molar-refractivity contribution in [3.05, 3.63) is 36.0 Å². The molecular weight excluding hydrogens is 166 g/mol. The van der Waals surface area contributed by atoms with Crippen molar-refractivity contribution < 1.29 is 15.2 Å². The second kappa shape index (κ2) is 3.03. The Morgan fingerprint density at radius 2 is 2.15 bits per heavy atom. The van der Waals surface area contributed by atoms with Crippen molar-refractivity contribution in [2.24, 2.45) is 0 Å². The number of hydrogen-bond donors (Lipinski definition) is 2. The summed E-state index contributed by atoms with van der Waals surface area (Å²) in [4.78, 5) is 10.5. The van der Waals surface area contributed by atoms with Crippen molar-refractivity contribution in [1.29, 1.82) is 0 Å². The second-order valence-corrected chi connectivity index (χ2v) is 3.02. The maximum absolute atomic E-state index is 10.5. The topological polar surface area (TPSA) is 53.9 Å². The van der Waals surface area contributed by atoms with Gasteiger partial charge in [0.2, 0.25) is 0 Å². The Labute approximate surface area is 75.7 Å². The number of benzene rings is 1. The number of fused-ring (bicyclic) bond motifs is 1. The molecule has 0 bridgehead atoms. The van der Waals surface area contributed by atoms with E-state index in [9.17, 15) is 4.79 Å². The van der Waals surface area contributed by atoms with Crippen molar-refractivity contribution in [2.75, 3.05) is 0 Å². The van der Waals surface area contributed by atoms with Gasteiger partial charge in [0.05, 0.1) is 6.42 Å². The van der Waals surface area contributed by atoms with E-state index in [0.29, 0.717) is 0 Å². The zero-order valence-corrected chi connectivity index (χ0v) is 7.03. The Bertz CT molecular complexity index is 382. The molecule has 0 spiro atoms. The summed E-state index contributed by atoms with van der Waals surface area (Å²) in [7, 11) is 0. The molecule has 1 heterocycles. The number of carbonyl (C=O) groups is 1. The van der Waals surface area contributed by atoms with Crippen molar-refractivity contribution in [1.82, 2.24) is 0 Å². The average molecular weight is 176 g/mol. The van der Waals surface area contributed by atoms with Crippen molar-refractivity contribution in [3.63, 3.8) is 0 Å². The lowest BCUT2D eigenvalue weighted by molar-refractivity contribution is -0.491. The summed E-state index contributed by atoms with van der Waals surface area (Å²) in [6.07, 6.45) is 1.98. The van der Waals surface area contributed by atoms with Gasteiger partial charge in [0.25, 0.3) is 0 Å². The number of nitrogens with two attached hydrogens (primary N) is 1. The highest BCUT2D eigenvalue weighted by Crippen LogP contribution is 2.25. The van der Waals surface area contributed by atoms with E-state index in [4.69, 9.17) is 5.11 Å². The first kappa shape index (κ1) is 8.01. The first-order valence-corrected chi connectivity index (χ1v) is 4.12. The number of quaternary nitrogens is 1. The van der Waals surface area contributed by atoms with Crippen LogP contribution in [0.4, 0.5) is 5.69 Å². The first-order chi connectivity index (χ1) is 6.27. The molecule has 0 saturated carbocycles. The highest BCUT2D eigenvalue weighted by Gasteiger charge is 2.19. The fraction of sp³-hybridized carbons (Fsp3) is 0.100. The molecule has 1 aromatic rings. The molecule has 3 heteroatoms. The standard InChI is InChI=1S/C10H9NO2/c12-10(13)5-7-6-11-9-4-2-1-3-8(7)9/h1-4,6,11H,5H2,(H,12,13)/p+1. The minimum Gasteiger partial charge on any atom is -0.481 e. The minimum absolute atomic E-state index is 0.105. The Balaban J connectivity index is 2.31. The molecule has 0 amide bonds. The van der Waals surface area contributed by atoms with Gasteiger partial charge in [0, 0.05) is 17.2 Å². The molecule has 0 aliphatic carbocycles. The number of hydrogen-bond acceptors (Lipinski definition) is 1. The fourth-order valence-electron chi connectivity index (χ4n) is 1.53. The van der Waals surface area contributed by atoms with Gasteiger partial charge < -0.3 is 5.11 Å². The van der Waals surface area contributed by atoms with Crippen molar-refractivity contribution in [3.8, 4) is 0 Å². The summed E-state index contributed by atoms with van der Waals surface area (Å²) < 4.78 is 0. The third-order valence-corrected chi connectivity index (χ3v) is 2.11. The number of aliphatic carboxylic acids is 1. The second-order valence-electron chi connectivity index (χ2n) is 3.02. The average Bonchev–Trinajstić information content (AvgIpc) is 2.48. The molecule has 3 nitrogen and oxygen atoms in total. The van der Waals surface area contributed by atoms with Crippen LogP contribution in [-0.2, 0) is 4.79 Å². The predicted molar refractivity (Wildman–Crippen MR) is 48.3 cm³/mol. The highest BCUT2D eigenvalue weighted by atomic mass is 16.4. The van der Waals surface area contributed by atoms with Crippen LogP contribution < -0.4 is 5.32 Å². The smallest absolute Gasteiger partial charge is 0.308 e. The van der Waals surface area contributed by atoms with E-state index in [0.717, 1.165) is 16.8 Å². The largest absolute Gasteiger partial charge is 0.481 e. The molecule has 0 aromatic heterocycles. The Morgan fingerprint density at radius 1 is 1.38 bits per heavy atom. The predicted octanol–water partition coefficient (Wildman–Crippen LogP) is 0.711. The van der Waals surface area contributed by atoms with Crippen LogP contribution in [0.15, 0.2) is 30.5 Å². The summed E-state index contributed by atoms with van der Waals surface area (Å²) in [5.41, 5.74) is 3.05. The molecular formula is C10H10NO2+. The number of rotatable bonds is 2. The van der Waals surface area contributed by atoms with E-state index in [1.807, 2.05) is 35.8 Å². The molecule has 0 atom stereocenters. The van der Waals surface area contributed by atoms with Gasteiger partial charge in [0.15, 0.2) is 0 Å². The summed E-state index contributed by atoms with van der Waals surface area (Å²) in [6.45, 7) is 0. The SMILES string of the molecule is O=C(O)CC1=C[NH2+]c2ccccc21. The van der Waals surface area contributed by atoms with Crippen molar-refractivity contribution in [2.45, 2.75) is 6.42 Å². The highest BCUT2D eigenvalue weighted by molar-refractivity contribution is 5.87. The molecule has 0 fully saturated rings. The molecule has 0 saturated heterocycles. The van der Waals surface area contributed by atoms with E-state index >= 15 is 0 Å². The van der Waals surface area contributed by atoms with Gasteiger partial charge in [-0.25, -0.2) is 0 Å². The summed E-state index contributed by atoms with van der Waals surface area (Å²) in [5.74, 6) is -0.781. The molecule has 1 aromatic carbocycles. The van der Waals surface area contributed by atoms with Gasteiger partial charge in [0.1, 0.15) is 11.9 Å². The van der Waals surface area contributed by atoms with Gasteiger partial charge in [-0.15, -0.1) is 0 Å². The molecule has 13 heavy (non-hydrogen) atoms. The van der Waals surface area contributed by atoms with Crippen LogP contribution in [0.3, 0.4) is 0 Å². The third-order valence-electron chi connectivity index (χ3n) is 2.11. The van der Waals surface area contributed by atoms with E-state index in [1.54, 1.807) is 0 Å². The normalized spacial score (nSPS) is 13.7. The summed E-state index contributed by atoms with van der Waals surface area (Å²) in [6, 6.07) is 7.81. The van der Waals surface area contributed by atoms with E-state index in [-0.39, 0.29) is 6.42 Å². The quantitative estimate of drug-likeness (QED) is 0.652. The molecule has 66 valence electrons. The van der Waals surface area contributed by atoms with Gasteiger partial charge in [-0.3, -0.25) is 10.1 Å². The van der Waals surface area contributed by atoms with E-state index in [1.165, 1.54) is 0 Å². The fourth-order valence-corrected chi connectivity index (χ4v) is 1.53. The van der Waals surface area contributed by atoms with Crippen LogP contribution in [0.25, 0.3) is 5.57 Å². The van der Waals surface area contributed by atoms with E-state index < -0.39 is 5.97 Å². The zero-order valence-electron chi connectivity index (χ0n) is 7.03. The number of para-hydroxylation sites is 1. The maximum atomic E-state index is 10.5. The molecule has 3 N–H and O–H groups in total. The van der Waals surface area contributed by atoms with E-state index in [2.05, 4.69) is 0 Å². The number of carboxylic acids is 1. The molecule has 1 aliphatic heterocycles. The van der Waals surface area contributed by atoms with Gasteiger partial charge in [-0.2, -0.15) is 0 Å². The first-order valence-electron chi connectivity index (χ1n) is 4.12. The Kier molecular flexibility index (Phi) is 1.87. The lowest BCUT2D eigenvalue weighted by atomic mass is 10.1. The molecule has 1 aliphatic rings. The maximum Gasteiger partial charge on any atom is 0.308 e. The summed E-state index contributed by atoms with van der Waals surface area (Å²) in [5, 5.41) is 10.6. The van der Waals surface area contributed by atoms with Crippen LogP contribution in [0.2, 0.25) is 0 Å². The molecule has 0 unspecified atom stereocenters. The zero-order chi connectivity index (χ0) is 9.26. The number of carboxylic acid groups (broad SMARTS) is 1. The van der Waals surface area contributed by atoms with Crippen molar-refractivity contribution >= 4 is 17.2 Å². The lowest BCUT2D eigenvalue weighted by Crippen LogP contribution is -2.69. The van der Waals surface area contributed by atoms with Crippen LogP contribution in [0.5, 0.6) is 0 Å². The third kappa shape index (κ3) is 1.46. The van der Waals surface area contributed by atoms with Crippen LogP contribution in [-0.4, -0.2) is 11.1 Å². The van der Waals surface area contributed by atoms with Crippen LogP contribution in [0.1, 0.15) is 12.0 Å². The van der Waals surface area contributed by atoms with Crippen LogP contribution in [0, 0.1) is 0 Å². The van der Waals surface area contributed by atoms with Gasteiger partial charge in [-0.1, -0.05) is 12.1 Å². The van der Waals surface area contributed by atoms with Gasteiger partial charge in [-0.05, 0) is 6.07 Å². The lowest BCUT2D eigenvalue weighted by Gasteiger charge is -1.96. The van der Waals surface area contributed by atoms with Gasteiger partial charge >= 0.3 is 5.97 Å². The Morgan fingerprint density at radius 3 is 2.92 bits per heavy atom.